The Labute approximate surface area is 362 Å². The summed E-state index contributed by atoms with van der Waals surface area (Å²) in [5.74, 6) is 1.59. The number of anilines is 9. The molecule has 0 aliphatic heterocycles. The third-order valence-electron chi connectivity index (χ3n) is 11.3. The smallest absolute Gasteiger partial charge is 0.120 e. The van der Waals surface area contributed by atoms with E-state index in [4.69, 9.17) is 9.47 Å². The lowest BCUT2D eigenvalue weighted by molar-refractivity contribution is 0.415. The number of para-hydroxylation sites is 4. The van der Waals surface area contributed by atoms with Crippen molar-refractivity contribution in [3.63, 3.8) is 0 Å². The standard InChI is InChI=1S/C56H44N4O2/c1-61-51-27-15-25-47(37-51)58(43-21-11-5-12-22-43)49-33-35-55-53(39-49)54-40-50(59(44-23-13-6-14-24-44)48-26-16-28-52(38-48)62-2)34-36-56(54)60(55)46-31-29-45(30-32-46)57(41-17-7-3-8-18-41)42-19-9-4-10-20-42/h3-40H,1-2H3. The van der Waals surface area contributed by atoms with Crippen molar-refractivity contribution in [2.45, 2.75) is 0 Å². The minimum atomic E-state index is 0.797. The van der Waals surface area contributed by atoms with Gasteiger partial charge in [0.15, 0.2) is 0 Å². The molecule has 1 aromatic heterocycles. The number of hydrogen-bond donors (Lipinski definition) is 0. The van der Waals surface area contributed by atoms with E-state index in [0.717, 1.165) is 90.2 Å². The van der Waals surface area contributed by atoms with Crippen molar-refractivity contribution in [2.24, 2.45) is 0 Å². The Bertz CT molecular complexity index is 2910. The molecule has 10 rings (SSSR count). The predicted octanol–water partition coefficient (Wildman–Crippen LogP) is 15.2. The van der Waals surface area contributed by atoms with Crippen LogP contribution in [-0.2, 0) is 0 Å². The van der Waals surface area contributed by atoms with Gasteiger partial charge >= 0.3 is 0 Å². The van der Waals surface area contributed by atoms with E-state index in [1.165, 1.54) is 0 Å². The fourth-order valence-electron chi connectivity index (χ4n) is 8.46. The van der Waals surface area contributed by atoms with Crippen molar-refractivity contribution < 1.29 is 9.47 Å². The topological polar surface area (TPSA) is 33.1 Å². The molecule has 6 heteroatoms. The number of aromatic nitrogens is 1. The zero-order valence-electron chi connectivity index (χ0n) is 34.5. The highest BCUT2D eigenvalue weighted by atomic mass is 16.5. The molecule has 0 saturated carbocycles. The second-order valence-corrected chi connectivity index (χ2v) is 15.0. The quantitative estimate of drug-likeness (QED) is 0.123. The molecule has 0 fully saturated rings. The largest absolute Gasteiger partial charge is 0.497 e. The van der Waals surface area contributed by atoms with Crippen molar-refractivity contribution in [3.8, 4) is 17.2 Å². The Balaban J connectivity index is 1.18. The van der Waals surface area contributed by atoms with Gasteiger partial charge < -0.3 is 28.7 Å². The first kappa shape index (κ1) is 38.0. The molecule has 62 heavy (non-hydrogen) atoms. The summed E-state index contributed by atoms with van der Waals surface area (Å²) in [5.41, 5.74) is 12.7. The number of fused-ring (bicyclic) bond motifs is 3. The maximum atomic E-state index is 5.71. The summed E-state index contributed by atoms with van der Waals surface area (Å²) in [6, 6.07) is 81.0. The molecule has 0 N–H and O–H groups in total. The van der Waals surface area contributed by atoms with Gasteiger partial charge in [0.05, 0.1) is 25.3 Å². The highest BCUT2D eigenvalue weighted by Crippen LogP contribution is 2.44. The first-order valence-electron chi connectivity index (χ1n) is 20.7. The van der Waals surface area contributed by atoms with Crippen molar-refractivity contribution in [1.29, 1.82) is 0 Å². The Morgan fingerprint density at radius 2 is 0.597 bits per heavy atom. The van der Waals surface area contributed by atoms with Crippen LogP contribution in [0.15, 0.2) is 231 Å². The van der Waals surface area contributed by atoms with E-state index >= 15 is 0 Å². The van der Waals surface area contributed by atoms with Gasteiger partial charge in [-0.3, -0.25) is 0 Å². The molecule has 10 aromatic rings. The average molecular weight is 805 g/mol. The number of benzene rings is 9. The van der Waals surface area contributed by atoms with Crippen LogP contribution in [0.3, 0.4) is 0 Å². The SMILES string of the molecule is COc1cccc(N(c2ccccc2)c2ccc3c(c2)c2cc(N(c4ccccc4)c4cccc(OC)c4)ccc2n3-c2ccc(N(c3ccccc3)c3ccccc3)cc2)c1. The van der Waals surface area contributed by atoms with Crippen molar-refractivity contribution in [1.82, 2.24) is 4.57 Å². The highest BCUT2D eigenvalue weighted by Gasteiger charge is 2.21. The van der Waals surface area contributed by atoms with E-state index in [2.05, 4.69) is 226 Å². The van der Waals surface area contributed by atoms with Crippen LogP contribution in [0.25, 0.3) is 27.5 Å². The van der Waals surface area contributed by atoms with E-state index < -0.39 is 0 Å². The maximum absolute atomic E-state index is 5.71. The highest BCUT2D eigenvalue weighted by molar-refractivity contribution is 6.12. The van der Waals surface area contributed by atoms with E-state index in [1.807, 2.05) is 24.3 Å². The number of rotatable bonds is 12. The van der Waals surface area contributed by atoms with Gasteiger partial charge in [0.2, 0.25) is 0 Å². The summed E-state index contributed by atoms with van der Waals surface area (Å²) in [5, 5.41) is 2.25. The molecular formula is C56H44N4O2. The summed E-state index contributed by atoms with van der Waals surface area (Å²) >= 11 is 0. The van der Waals surface area contributed by atoms with Crippen LogP contribution in [-0.4, -0.2) is 18.8 Å². The fraction of sp³-hybridized carbons (Fsp3) is 0.0357. The first-order chi connectivity index (χ1) is 30.7. The minimum Gasteiger partial charge on any atom is -0.497 e. The molecule has 1 heterocycles. The van der Waals surface area contributed by atoms with Crippen LogP contribution in [0.4, 0.5) is 51.2 Å². The molecule has 6 nitrogen and oxygen atoms in total. The zero-order valence-corrected chi connectivity index (χ0v) is 34.5. The Kier molecular flexibility index (Phi) is 10.3. The van der Waals surface area contributed by atoms with Gasteiger partial charge in [-0.25, -0.2) is 0 Å². The summed E-state index contributed by atoms with van der Waals surface area (Å²) in [7, 11) is 3.42. The summed E-state index contributed by atoms with van der Waals surface area (Å²) in [4.78, 5) is 6.87. The van der Waals surface area contributed by atoms with Gasteiger partial charge in [-0.2, -0.15) is 0 Å². The van der Waals surface area contributed by atoms with Crippen LogP contribution in [0.2, 0.25) is 0 Å². The lowest BCUT2D eigenvalue weighted by atomic mass is 10.1. The fourth-order valence-corrected chi connectivity index (χ4v) is 8.46. The molecule has 0 aliphatic rings. The van der Waals surface area contributed by atoms with Gasteiger partial charge in [-0.15, -0.1) is 0 Å². The van der Waals surface area contributed by atoms with E-state index in [0.29, 0.717) is 0 Å². The second kappa shape index (κ2) is 16.8. The summed E-state index contributed by atoms with van der Waals surface area (Å²) < 4.78 is 13.8. The lowest BCUT2D eigenvalue weighted by Gasteiger charge is -2.26. The third-order valence-corrected chi connectivity index (χ3v) is 11.3. The number of methoxy groups -OCH3 is 2. The Hall–Kier alpha value is -8.22. The van der Waals surface area contributed by atoms with Crippen LogP contribution in [0.5, 0.6) is 11.5 Å². The number of ether oxygens (including phenoxy) is 2. The van der Waals surface area contributed by atoms with Crippen molar-refractivity contribution >= 4 is 73.0 Å². The number of hydrogen-bond acceptors (Lipinski definition) is 5. The molecule has 0 spiro atoms. The molecule has 0 bridgehead atoms. The minimum absolute atomic E-state index is 0.797. The Morgan fingerprint density at radius 1 is 0.290 bits per heavy atom. The normalized spacial score (nSPS) is 11.1. The van der Waals surface area contributed by atoms with E-state index in [9.17, 15) is 0 Å². The predicted molar refractivity (Wildman–Crippen MR) is 258 cm³/mol. The monoisotopic (exact) mass is 804 g/mol. The van der Waals surface area contributed by atoms with Crippen LogP contribution >= 0.6 is 0 Å². The van der Waals surface area contributed by atoms with Gasteiger partial charge in [0.25, 0.3) is 0 Å². The lowest BCUT2D eigenvalue weighted by Crippen LogP contribution is -2.10. The van der Waals surface area contributed by atoms with Gasteiger partial charge in [-0.1, -0.05) is 84.9 Å². The first-order valence-corrected chi connectivity index (χ1v) is 20.7. The third kappa shape index (κ3) is 7.24. The number of nitrogens with zero attached hydrogens (tertiary/aromatic N) is 4. The maximum Gasteiger partial charge on any atom is 0.120 e. The van der Waals surface area contributed by atoms with Crippen molar-refractivity contribution in [3.05, 3.63) is 231 Å². The summed E-state index contributed by atoms with van der Waals surface area (Å²) in [6.07, 6.45) is 0. The zero-order chi connectivity index (χ0) is 41.8. The molecule has 0 unspecified atom stereocenters. The molecular weight excluding hydrogens is 761 g/mol. The van der Waals surface area contributed by atoms with E-state index in [-0.39, 0.29) is 0 Å². The molecule has 0 amide bonds. The van der Waals surface area contributed by atoms with Gasteiger partial charge in [0, 0.05) is 79.8 Å². The molecule has 0 saturated heterocycles. The summed E-state index contributed by atoms with van der Waals surface area (Å²) in [6.45, 7) is 0. The Morgan fingerprint density at radius 3 is 0.968 bits per heavy atom. The second-order valence-electron chi connectivity index (χ2n) is 15.0. The van der Waals surface area contributed by atoms with Crippen LogP contribution in [0.1, 0.15) is 0 Å². The van der Waals surface area contributed by atoms with Crippen LogP contribution in [0, 0.1) is 0 Å². The molecule has 0 radical (unpaired) electrons. The molecule has 0 atom stereocenters. The van der Waals surface area contributed by atoms with Gasteiger partial charge in [-0.05, 0) is 133 Å². The van der Waals surface area contributed by atoms with Crippen LogP contribution < -0.4 is 24.2 Å². The molecule has 300 valence electrons. The van der Waals surface area contributed by atoms with Crippen molar-refractivity contribution in [2.75, 3.05) is 28.9 Å². The molecule has 0 aliphatic carbocycles. The van der Waals surface area contributed by atoms with Gasteiger partial charge in [0.1, 0.15) is 11.5 Å². The van der Waals surface area contributed by atoms with E-state index in [1.54, 1.807) is 14.2 Å². The molecule has 9 aromatic carbocycles. The average Bonchev–Trinajstić information content (AvgIpc) is 3.66.